The molecule has 0 aliphatic rings. The summed E-state index contributed by atoms with van der Waals surface area (Å²) in [5.41, 5.74) is 0.863. The smallest absolute Gasteiger partial charge is 0.0752 e. The predicted octanol–water partition coefficient (Wildman–Crippen LogP) is 2.19. The van der Waals surface area contributed by atoms with Crippen LogP contribution < -0.4 is 5.84 Å². The first-order valence-electron chi connectivity index (χ1n) is 2.73. The molecule has 0 spiro atoms. The van der Waals surface area contributed by atoms with Crippen LogP contribution >= 0.6 is 27.3 Å². The quantitative estimate of drug-likeness (QED) is 0.439. The number of hydrazone groups is 1. The second kappa shape index (κ2) is 3.16. The number of nitrogens with zero attached hydrogens (tertiary/aromatic N) is 1. The van der Waals surface area contributed by atoms with Gasteiger partial charge in [-0.25, -0.2) is 0 Å². The van der Waals surface area contributed by atoms with Crippen LogP contribution in [0.25, 0.3) is 0 Å². The van der Waals surface area contributed by atoms with E-state index in [1.807, 2.05) is 18.4 Å². The fraction of sp³-hybridized carbons (Fsp3) is 0.167. The number of halogens is 1. The average molecular weight is 219 g/mol. The van der Waals surface area contributed by atoms with E-state index in [2.05, 4.69) is 21.0 Å². The van der Waals surface area contributed by atoms with Crippen molar-refractivity contribution in [1.29, 1.82) is 0 Å². The van der Waals surface area contributed by atoms with Crippen LogP contribution in [0, 0.1) is 0 Å². The monoisotopic (exact) mass is 218 g/mol. The van der Waals surface area contributed by atoms with Gasteiger partial charge in [0.2, 0.25) is 0 Å². The van der Waals surface area contributed by atoms with Gasteiger partial charge >= 0.3 is 0 Å². The molecule has 0 bridgehead atoms. The third-order valence-electron chi connectivity index (χ3n) is 1.14. The minimum absolute atomic E-state index is 0.863. The summed E-state index contributed by atoms with van der Waals surface area (Å²) in [6.07, 6.45) is 0. The molecule has 10 heavy (non-hydrogen) atoms. The molecule has 4 heteroatoms. The SMILES string of the molecule is C/C(=N/N)c1sccc1Br. The molecule has 1 rings (SSSR count). The Morgan fingerprint density at radius 1 is 1.80 bits per heavy atom. The van der Waals surface area contributed by atoms with Crippen LogP contribution in [0.5, 0.6) is 0 Å². The summed E-state index contributed by atoms with van der Waals surface area (Å²) in [4.78, 5) is 1.10. The van der Waals surface area contributed by atoms with E-state index in [0.29, 0.717) is 0 Å². The second-order valence-electron chi connectivity index (χ2n) is 1.81. The van der Waals surface area contributed by atoms with E-state index in [0.717, 1.165) is 15.1 Å². The zero-order valence-electron chi connectivity index (χ0n) is 5.47. The van der Waals surface area contributed by atoms with Crippen molar-refractivity contribution in [2.24, 2.45) is 10.9 Å². The minimum Gasteiger partial charge on any atom is -0.323 e. The van der Waals surface area contributed by atoms with Crippen molar-refractivity contribution in [2.75, 3.05) is 0 Å². The van der Waals surface area contributed by atoms with Gasteiger partial charge in [-0.1, -0.05) is 0 Å². The zero-order valence-corrected chi connectivity index (χ0v) is 7.87. The minimum atomic E-state index is 0.863. The van der Waals surface area contributed by atoms with Crippen molar-refractivity contribution in [1.82, 2.24) is 0 Å². The van der Waals surface area contributed by atoms with Crippen LogP contribution in [0.1, 0.15) is 11.8 Å². The third-order valence-corrected chi connectivity index (χ3v) is 3.09. The summed E-state index contributed by atoms with van der Waals surface area (Å²) in [5.74, 6) is 5.11. The number of hydrogen-bond donors (Lipinski definition) is 1. The molecular weight excluding hydrogens is 212 g/mol. The maximum absolute atomic E-state index is 5.11. The Bertz CT molecular complexity index is 254. The fourth-order valence-corrected chi connectivity index (χ4v) is 2.23. The highest BCUT2D eigenvalue weighted by atomic mass is 79.9. The molecule has 0 radical (unpaired) electrons. The van der Waals surface area contributed by atoms with E-state index in [9.17, 15) is 0 Å². The van der Waals surface area contributed by atoms with Crippen LogP contribution in [-0.4, -0.2) is 5.71 Å². The lowest BCUT2D eigenvalue weighted by Gasteiger charge is -1.92. The second-order valence-corrected chi connectivity index (χ2v) is 3.58. The highest BCUT2D eigenvalue weighted by Gasteiger charge is 2.02. The summed E-state index contributed by atoms with van der Waals surface area (Å²) in [6.45, 7) is 1.89. The van der Waals surface area contributed by atoms with Crippen molar-refractivity contribution < 1.29 is 0 Å². The van der Waals surface area contributed by atoms with E-state index in [1.54, 1.807) is 11.3 Å². The molecule has 0 aliphatic carbocycles. The molecule has 2 nitrogen and oxygen atoms in total. The third kappa shape index (κ3) is 1.38. The summed E-state index contributed by atoms with van der Waals surface area (Å²) in [5, 5.41) is 5.58. The van der Waals surface area contributed by atoms with Gasteiger partial charge in [0, 0.05) is 4.47 Å². The van der Waals surface area contributed by atoms with Gasteiger partial charge in [-0.2, -0.15) is 5.10 Å². The lowest BCUT2D eigenvalue weighted by molar-refractivity contribution is 1.24. The summed E-state index contributed by atoms with van der Waals surface area (Å²) in [6, 6.07) is 1.98. The van der Waals surface area contributed by atoms with Crippen molar-refractivity contribution in [3.63, 3.8) is 0 Å². The molecule has 54 valence electrons. The van der Waals surface area contributed by atoms with Crippen LogP contribution in [0.3, 0.4) is 0 Å². The lowest BCUT2D eigenvalue weighted by Crippen LogP contribution is -1.95. The van der Waals surface area contributed by atoms with Crippen LogP contribution in [0.15, 0.2) is 21.0 Å². The Balaban J connectivity index is 3.05. The largest absolute Gasteiger partial charge is 0.323 e. The highest BCUT2D eigenvalue weighted by molar-refractivity contribution is 9.10. The van der Waals surface area contributed by atoms with Crippen molar-refractivity contribution in [3.8, 4) is 0 Å². The lowest BCUT2D eigenvalue weighted by atomic mass is 10.3. The predicted molar refractivity (Wildman–Crippen MR) is 48.4 cm³/mol. The van der Waals surface area contributed by atoms with Gasteiger partial charge in [-0.15, -0.1) is 11.3 Å². The maximum atomic E-state index is 5.11. The van der Waals surface area contributed by atoms with Gasteiger partial charge in [0.25, 0.3) is 0 Å². The van der Waals surface area contributed by atoms with Crippen molar-refractivity contribution in [2.45, 2.75) is 6.92 Å². The van der Waals surface area contributed by atoms with E-state index < -0.39 is 0 Å². The summed E-state index contributed by atoms with van der Waals surface area (Å²) >= 11 is 5.01. The molecule has 0 unspecified atom stereocenters. The van der Waals surface area contributed by atoms with Crippen molar-refractivity contribution in [3.05, 3.63) is 20.8 Å². The van der Waals surface area contributed by atoms with Crippen LogP contribution in [0.4, 0.5) is 0 Å². The van der Waals surface area contributed by atoms with Crippen LogP contribution in [-0.2, 0) is 0 Å². The fourth-order valence-electron chi connectivity index (χ4n) is 0.611. The Kier molecular flexibility index (Phi) is 2.45. The summed E-state index contributed by atoms with van der Waals surface area (Å²) in [7, 11) is 0. The first kappa shape index (κ1) is 7.75. The molecule has 0 saturated heterocycles. The molecule has 0 aromatic carbocycles. The first-order valence-corrected chi connectivity index (χ1v) is 4.41. The van der Waals surface area contributed by atoms with Gasteiger partial charge in [-0.05, 0) is 34.3 Å². The van der Waals surface area contributed by atoms with Crippen LogP contribution in [0.2, 0.25) is 0 Å². The molecule has 0 saturated carbocycles. The molecule has 0 aliphatic heterocycles. The molecule has 1 aromatic rings. The number of nitrogens with two attached hydrogens (primary N) is 1. The maximum Gasteiger partial charge on any atom is 0.0752 e. The molecule has 0 fully saturated rings. The van der Waals surface area contributed by atoms with E-state index in [4.69, 9.17) is 5.84 Å². The highest BCUT2D eigenvalue weighted by Crippen LogP contribution is 2.22. The molecule has 2 N–H and O–H groups in total. The van der Waals surface area contributed by atoms with Gasteiger partial charge in [-0.3, -0.25) is 0 Å². The number of hydrogen-bond acceptors (Lipinski definition) is 3. The topological polar surface area (TPSA) is 38.4 Å². The molecule has 0 amide bonds. The zero-order chi connectivity index (χ0) is 7.56. The first-order chi connectivity index (χ1) is 4.75. The molecule has 1 heterocycles. The normalized spacial score (nSPS) is 12.0. The van der Waals surface area contributed by atoms with E-state index in [1.165, 1.54) is 0 Å². The molecule has 1 aromatic heterocycles. The number of rotatable bonds is 1. The van der Waals surface area contributed by atoms with E-state index in [-0.39, 0.29) is 0 Å². The Hall–Kier alpha value is -0.350. The molecule has 0 atom stereocenters. The van der Waals surface area contributed by atoms with Gasteiger partial charge in [0.05, 0.1) is 10.6 Å². The standard InChI is InChI=1S/C6H7BrN2S/c1-4(9-8)6-5(7)2-3-10-6/h2-3H,8H2,1H3/b9-4-. The van der Waals surface area contributed by atoms with Crippen molar-refractivity contribution >= 4 is 33.0 Å². The average Bonchev–Trinajstić information content (AvgIpc) is 2.34. The molecular formula is C6H7BrN2S. The van der Waals surface area contributed by atoms with Gasteiger partial charge in [0.15, 0.2) is 0 Å². The number of thiophene rings is 1. The van der Waals surface area contributed by atoms with Gasteiger partial charge in [0.1, 0.15) is 0 Å². The Morgan fingerprint density at radius 2 is 2.50 bits per heavy atom. The van der Waals surface area contributed by atoms with Gasteiger partial charge < -0.3 is 5.84 Å². The summed E-state index contributed by atoms with van der Waals surface area (Å²) < 4.78 is 1.06. The van der Waals surface area contributed by atoms with E-state index >= 15 is 0 Å². The Morgan fingerprint density at radius 3 is 2.90 bits per heavy atom. The Labute approximate surface area is 71.9 Å².